The van der Waals surface area contributed by atoms with Crippen LogP contribution < -0.4 is 14.8 Å². The van der Waals surface area contributed by atoms with Crippen molar-refractivity contribution in [2.45, 2.75) is 45.1 Å². The molecule has 8 heteroatoms. The third-order valence-corrected chi connectivity index (χ3v) is 6.06. The monoisotopic (exact) mass is 424 g/mol. The lowest BCUT2D eigenvalue weighted by Crippen LogP contribution is -2.41. The first-order valence-electron chi connectivity index (χ1n) is 9.03. The maximum absolute atomic E-state index is 12.6. The fraction of sp³-hybridized carbons (Fsp3) is 0.350. The summed E-state index contributed by atoms with van der Waals surface area (Å²) in [6.07, 6.45) is 0.752. The van der Waals surface area contributed by atoms with Gasteiger partial charge in [-0.1, -0.05) is 36.7 Å². The number of benzene rings is 2. The first-order valence-corrected chi connectivity index (χ1v) is 10.9. The molecule has 28 heavy (non-hydrogen) atoms. The number of ether oxygens (including phenoxy) is 1. The molecule has 0 aliphatic carbocycles. The van der Waals surface area contributed by atoms with E-state index in [9.17, 15) is 13.2 Å². The minimum absolute atomic E-state index is 0.0364. The van der Waals surface area contributed by atoms with E-state index in [0.717, 1.165) is 17.5 Å². The highest BCUT2D eigenvalue weighted by atomic mass is 35.5. The lowest BCUT2D eigenvalue weighted by Gasteiger charge is -2.18. The minimum atomic E-state index is -3.93. The Balaban J connectivity index is 2.16. The maximum atomic E-state index is 12.6. The molecule has 2 rings (SSSR count). The van der Waals surface area contributed by atoms with Crippen molar-refractivity contribution in [3.05, 3.63) is 52.5 Å². The molecule has 1 amide bonds. The van der Waals surface area contributed by atoms with Gasteiger partial charge in [0.1, 0.15) is 5.75 Å². The normalized spacial score (nSPS) is 12.5. The highest BCUT2D eigenvalue weighted by molar-refractivity contribution is 7.89. The number of amides is 1. The van der Waals surface area contributed by atoms with E-state index >= 15 is 0 Å². The lowest BCUT2D eigenvalue weighted by molar-refractivity contribution is -0.117. The first-order chi connectivity index (χ1) is 13.2. The van der Waals surface area contributed by atoms with Crippen molar-refractivity contribution in [1.82, 2.24) is 4.72 Å². The maximum Gasteiger partial charge on any atom is 0.242 e. The number of nitrogens with one attached hydrogen (secondary N) is 2. The summed E-state index contributed by atoms with van der Waals surface area (Å²) in [5.74, 6) is -0.0369. The average Bonchev–Trinajstić information content (AvgIpc) is 2.64. The third-order valence-electron chi connectivity index (χ3n) is 4.23. The highest BCUT2D eigenvalue weighted by Gasteiger charge is 2.23. The second kappa shape index (κ2) is 9.41. The third kappa shape index (κ3) is 5.25. The Labute approximate surface area is 171 Å². The van der Waals surface area contributed by atoms with Crippen LogP contribution in [0.1, 0.15) is 31.9 Å². The van der Waals surface area contributed by atoms with Gasteiger partial charge in [0.2, 0.25) is 15.9 Å². The molecule has 1 atom stereocenters. The van der Waals surface area contributed by atoms with Crippen molar-refractivity contribution in [1.29, 1.82) is 0 Å². The van der Waals surface area contributed by atoms with Gasteiger partial charge in [-0.2, -0.15) is 4.72 Å². The number of rotatable bonds is 8. The number of para-hydroxylation sites is 1. The molecule has 0 aliphatic rings. The summed E-state index contributed by atoms with van der Waals surface area (Å²) in [6, 6.07) is 8.96. The quantitative estimate of drug-likeness (QED) is 0.672. The van der Waals surface area contributed by atoms with Crippen LogP contribution in [0.25, 0.3) is 0 Å². The number of carbonyl (C=O) groups is 1. The van der Waals surface area contributed by atoms with Gasteiger partial charge in [0.15, 0.2) is 0 Å². The fourth-order valence-corrected chi connectivity index (χ4v) is 4.24. The van der Waals surface area contributed by atoms with Crippen LogP contribution in [0.5, 0.6) is 5.75 Å². The van der Waals surface area contributed by atoms with Gasteiger partial charge in [-0.15, -0.1) is 0 Å². The number of hydrogen-bond acceptors (Lipinski definition) is 4. The lowest BCUT2D eigenvalue weighted by atomic mass is 10.1. The molecule has 0 aromatic heterocycles. The summed E-state index contributed by atoms with van der Waals surface area (Å²) in [5.41, 5.74) is 2.62. The van der Waals surface area contributed by atoms with Crippen LogP contribution in [0.3, 0.4) is 0 Å². The van der Waals surface area contributed by atoms with Crippen molar-refractivity contribution >= 4 is 33.2 Å². The fourth-order valence-electron chi connectivity index (χ4n) is 2.71. The first kappa shape index (κ1) is 22.2. The second-order valence-electron chi connectivity index (χ2n) is 6.32. The molecule has 0 saturated carbocycles. The van der Waals surface area contributed by atoms with Crippen LogP contribution in [0.4, 0.5) is 5.69 Å². The van der Waals surface area contributed by atoms with Crippen LogP contribution in [0, 0.1) is 6.92 Å². The second-order valence-corrected chi connectivity index (χ2v) is 8.44. The van der Waals surface area contributed by atoms with Gasteiger partial charge in [-0.3, -0.25) is 4.79 Å². The molecule has 0 unspecified atom stereocenters. The Bertz CT molecular complexity index is 961. The van der Waals surface area contributed by atoms with E-state index in [2.05, 4.69) is 10.0 Å². The van der Waals surface area contributed by atoms with Crippen molar-refractivity contribution < 1.29 is 17.9 Å². The van der Waals surface area contributed by atoms with Gasteiger partial charge in [0.25, 0.3) is 0 Å². The molecule has 0 bridgehead atoms. The highest BCUT2D eigenvalue weighted by Crippen LogP contribution is 2.27. The van der Waals surface area contributed by atoms with Crippen LogP contribution in [0.2, 0.25) is 5.02 Å². The summed E-state index contributed by atoms with van der Waals surface area (Å²) in [5, 5.41) is 3.02. The largest absolute Gasteiger partial charge is 0.492 e. The summed E-state index contributed by atoms with van der Waals surface area (Å²) in [4.78, 5) is 12.5. The number of aryl methyl sites for hydroxylation is 2. The molecule has 0 saturated heterocycles. The summed E-state index contributed by atoms with van der Waals surface area (Å²) in [7, 11) is -3.93. The summed E-state index contributed by atoms with van der Waals surface area (Å²) >= 11 is 6.07. The molecule has 0 spiro atoms. The number of hydrogen-bond donors (Lipinski definition) is 2. The molecule has 2 aromatic rings. The van der Waals surface area contributed by atoms with Gasteiger partial charge in [-0.25, -0.2) is 8.42 Å². The topological polar surface area (TPSA) is 84.5 Å². The Morgan fingerprint density at radius 1 is 1.21 bits per heavy atom. The van der Waals surface area contributed by atoms with Crippen molar-refractivity contribution in [2.75, 3.05) is 11.9 Å². The van der Waals surface area contributed by atoms with Crippen molar-refractivity contribution in [2.24, 2.45) is 0 Å². The number of anilines is 1. The number of carbonyl (C=O) groups excluding carboxylic acids is 1. The molecule has 0 heterocycles. The number of halogens is 1. The van der Waals surface area contributed by atoms with Crippen LogP contribution in [-0.2, 0) is 21.2 Å². The zero-order valence-corrected chi connectivity index (χ0v) is 17.9. The SMILES string of the molecule is CCOc1ccc(S(=O)(=O)N[C@H](C)C(=O)Nc2c(C)cccc2CC)cc1Cl. The smallest absolute Gasteiger partial charge is 0.242 e. The molecule has 2 N–H and O–H groups in total. The average molecular weight is 425 g/mol. The zero-order valence-electron chi connectivity index (χ0n) is 16.4. The molecule has 0 aliphatic heterocycles. The van der Waals surface area contributed by atoms with E-state index in [4.69, 9.17) is 16.3 Å². The number of sulfonamides is 1. The molecule has 0 fully saturated rings. The Kier molecular flexibility index (Phi) is 7.46. The molecule has 2 aromatic carbocycles. The molecule has 152 valence electrons. The molecular weight excluding hydrogens is 400 g/mol. The Morgan fingerprint density at radius 2 is 1.93 bits per heavy atom. The molecular formula is C20H25ClN2O4S. The van der Waals surface area contributed by atoms with Crippen LogP contribution in [-0.4, -0.2) is 27.0 Å². The van der Waals surface area contributed by atoms with Gasteiger partial charge in [-0.05, 0) is 56.5 Å². The van der Waals surface area contributed by atoms with E-state index in [-0.39, 0.29) is 9.92 Å². The Hall–Kier alpha value is -2.09. The minimum Gasteiger partial charge on any atom is -0.492 e. The Morgan fingerprint density at radius 3 is 2.54 bits per heavy atom. The van der Waals surface area contributed by atoms with Crippen LogP contribution >= 0.6 is 11.6 Å². The van der Waals surface area contributed by atoms with Gasteiger partial charge in [0.05, 0.1) is 22.6 Å². The molecule has 6 nitrogen and oxygen atoms in total. The summed E-state index contributed by atoms with van der Waals surface area (Å²) in [6.45, 7) is 7.60. The van der Waals surface area contributed by atoms with E-state index in [1.165, 1.54) is 25.1 Å². The van der Waals surface area contributed by atoms with E-state index in [0.29, 0.717) is 18.0 Å². The van der Waals surface area contributed by atoms with Crippen LogP contribution in [0.15, 0.2) is 41.3 Å². The summed E-state index contributed by atoms with van der Waals surface area (Å²) < 4.78 is 32.9. The zero-order chi connectivity index (χ0) is 20.9. The van der Waals surface area contributed by atoms with E-state index in [1.807, 2.05) is 32.0 Å². The van der Waals surface area contributed by atoms with Gasteiger partial charge < -0.3 is 10.1 Å². The van der Waals surface area contributed by atoms with Crippen molar-refractivity contribution in [3.63, 3.8) is 0 Å². The predicted molar refractivity (Wildman–Crippen MR) is 112 cm³/mol. The van der Waals surface area contributed by atoms with Gasteiger partial charge >= 0.3 is 0 Å². The standard InChI is InChI=1S/C20H25ClN2O4S/c1-5-15-9-7-8-13(3)19(15)22-20(24)14(4)23-28(25,26)16-10-11-18(27-6-2)17(21)12-16/h7-12,14,23H,5-6H2,1-4H3,(H,22,24)/t14-/m1/s1. The van der Waals surface area contributed by atoms with Gasteiger partial charge in [0, 0.05) is 5.69 Å². The predicted octanol–water partition coefficient (Wildman–Crippen LogP) is 3.92. The van der Waals surface area contributed by atoms with Crippen molar-refractivity contribution in [3.8, 4) is 5.75 Å². The van der Waals surface area contributed by atoms with E-state index < -0.39 is 22.0 Å². The molecule has 0 radical (unpaired) electrons. The van der Waals surface area contributed by atoms with E-state index in [1.54, 1.807) is 6.92 Å².